The van der Waals surface area contributed by atoms with Gasteiger partial charge in [0.1, 0.15) is 0 Å². The molecule has 2 fully saturated rings. The van der Waals surface area contributed by atoms with Crippen molar-refractivity contribution in [1.82, 2.24) is 20.4 Å². The van der Waals surface area contributed by atoms with Crippen LogP contribution in [0.2, 0.25) is 0 Å². The van der Waals surface area contributed by atoms with Gasteiger partial charge in [0.25, 0.3) is 5.91 Å². The molecule has 1 aromatic rings. The first-order valence-corrected chi connectivity index (χ1v) is 7.62. The molecule has 2 aliphatic heterocycles. The topological polar surface area (TPSA) is 95.2 Å². The average molecular weight is 304 g/mol. The monoisotopic (exact) mass is 304 g/mol. The van der Waals surface area contributed by atoms with E-state index in [1.807, 2.05) is 4.90 Å². The van der Waals surface area contributed by atoms with Crippen LogP contribution in [0.1, 0.15) is 48.8 Å². The van der Waals surface area contributed by atoms with Crippen LogP contribution < -0.4 is 10.7 Å². The van der Waals surface area contributed by atoms with Gasteiger partial charge in [-0.2, -0.15) is 5.10 Å². The minimum absolute atomic E-state index is 0.0110. The maximum Gasteiger partial charge on any atom is 0.276 e. The number of aryl methyl sites for hydroxylation is 1. The van der Waals surface area contributed by atoms with Gasteiger partial charge in [-0.05, 0) is 32.6 Å². The van der Waals surface area contributed by atoms with E-state index in [2.05, 4.69) is 15.5 Å². The first kappa shape index (κ1) is 14.7. The highest BCUT2D eigenvalue weighted by Crippen LogP contribution is 2.35. The molecule has 1 aromatic heterocycles. The molecule has 2 amide bonds. The Balaban J connectivity index is 1.69. The minimum atomic E-state index is -0.443. The number of fused-ring (bicyclic) bond motifs is 2. The molecule has 22 heavy (non-hydrogen) atoms. The lowest BCUT2D eigenvalue weighted by Crippen LogP contribution is -2.52. The molecule has 3 rings (SSSR count). The van der Waals surface area contributed by atoms with E-state index in [0.29, 0.717) is 5.69 Å². The highest BCUT2D eigenvalue weighted by molar-refractivity contribution is 5.92. The molecule has 7 heteroatoms. The number of piperidine rings is 1. The second kappa shape index (κ2) is 5.55. The number of rotatable bonds is 2. The zero-order valence-corrected chi connectivity index (χ0v) is 12.8. The van der Waals surface area contributed by atoms with Crippen molar-refractivity contribution in [3.8, 4) is 0 Å². The molecule has 0 spiro atoms. The summed E-state index contributed by atoms with van der Waals surface area (Å²) in [5.74, 6) is -0.337. The SMILES string of the molecule is CC(=O)N1[C@@H]2CC[C@H]1CC(NC(=O)c1n[nH]c(C)cc1=O)C2. The zero-order chi connectivity index (χ0) is 15.9. The number of amides is 2. The Morgan fingerprint density at radius 2 is 1.95 bits per heavy atom. The van der Waals surface area contributed by atoms with Gasteiger partial charge < -0.3 is 10.2 Å². The number of H-pyrrole nitrogens is 1. The van der Waals surface area contributed by atoms with E-state index in [0.717, 1.165) is 25.7 Å². The molecule has 2 aliphatic rings. The standard InChI is InChI=1S/C15H20N4O3/c1-8-5-13(21)14(18-17-8)15(22)16-10-6-11-3-4-12(7-10)19(11)9(2)20/h5,10-12H,3-4,6-7H2,1-2H3,(H,16,22)(H,17,21)/t10?,11-,12+. The van der Waals surface area contributed by atoms with E-state index in [-0.39, 0.29) is 35.2 Å². The van der Waals surface area contributed by atoms with Crippen LogP contribution in [-0.2, 0) is 4.79 Å². The van der Waals surface area contributed by atoms with Crippen LogP contribution in [0.5, 0.6) is 0 Å². The first-order valence-electron chi connectivity index (χ1n) is 7.62. The van der Waals surface area contributed by atoms with Gasteiger partial charge in [-0.3, -0.25) is 19.5 Å². The summed E-state index contributed by atoms with van der Waals surface area (Å²) < 4.78 is 0. The lowest BCUT2D eigenvalue weighted by Gasteiger charge is -2.38. The van der Waals surface area contributed by atoms with Crippen molar-refractivity contribution in [2.45, 2.75) is 57.7 Å². The lowest BCUT2D eigenvalue weighted by molar-refractivity contribution is -0.133. The predicted octanol–water partition coefficient (Wildman–Crippen LogP) is 0.350. The normalized spacial score (nSPS) is 26.8. The fraction of sp³-hybridized carbons (Fsp3) is 0.600. The molecule has 3 heterocycles. The van der Waals surface area contributed by atoms with Crippen LogP contribution in [0.25, 0.3) is 0 Å². The van der Waals surface area contributed by atoms with Gasteiger partial charge in [0.15, 0.2) is 5.69 Å². The molecule has 0 aromatic carbocycles. The summed E-state index contributed by atoms with van der Waals surface area (Å²) in [7, 11) is 0. The summed E-state index contributed by atoms with van der Waals surface area (Å²) in [5.41, 5.74) is 0.138. The molecule has 0 saturated carbocycles. The van der Waals surface area contributed by atoms with Crippen LogP contribution >= 0.6 is 0 Å². The van der Waals surface area contributed by atoms with Gasteiger partial charge in [0.2, 0.25) is 11.3 Å². The predicted molar refractivity (Wildman–Crippen MR) is 79.4 cm³/mol. The van der Waals surface area contributed by atoms with E-state index >= 15 is 0 Å². The molecular formula is C15H20N4O3. The largest absolute Gasteiger partial charge is 0.348 e. The Kier molecular flexibility index (Phi) is 3.72. The molecule has 0 aliphatic carbocycles. The van der Waals surface area contributed by atoms with Gasteiger partial charge in [-0.25, -0.2) is 0 Å². The Morgan fingerprint density at radius 3 is 2.50 bits per heavy atom. The van der Waals surface area contributed by atoms with Crippen molar-refractivity contribution >= 4 is 11.8 Å². The summed E-state index contributed by atoms with van der Waals surface area (Å²) in [6, 6.07) is 1.75. The smallest absolute Gasteiger partial charge is 0.276 e. The van der Waals surface area contributed by atoms with Gasteiger partial charge in [-0.15, -0.1) is 0 Å². The molecule has 7 nitrogen and oxygen atoms in total. The third-order valence-corrected chi connectivity index (χ3v) is 4.57. The molecule has 2 saturated heterocycles. The molecule has 3 atom stereocenters. The highest BCUT2D eigenvalue weighted by atomic mass is 16.2. The molecular weight excluding hydrogens is 284 g/mol. The summed E-state index contributed by atoms with van der Waals surface area (Å²) in [6.07, 6.45) is 3.46. The van der Waals surface area contributed by atoms with Crippen molar-refractivity contribution in [2.24, 2.45) is 0 Å². The highest BCUT2D eigenvalue weighted by Gasteiger charge is 2.42. The number of nitrogens with one attached hydrogen (secondary N) is 2. The zero-order valence-electron chi connectivity index (χ0n) is 12.8. The number of aromatic nitrogens is 2. The first-order chi connectivity index (χ1) is 10.5. The summed E-state index contributed by atoms with van der Waals surface area (Å²) in [5, 5.41) is 9.37. The van der Waals surface area contributed by atoms with E-state index < -0.39 is 5.91 Å². The van der Waals surface area contributed by atoms with Gasteiger partial charge >= 0.3 is 0 Å². The van der Waals surface area contributed by atoms with Crippen LogP contribution in [0, 0.1) is 6.92 Å². The molecule has 0 radical (unpaired) electrons. The van der Waals surface area contributed by atoms with Crippen molar-refractivity contribution in [2.75, 3.05) is 0 Å². The van der Waals surface area contributed by atoms with Gasteiger partial charge in [0.05, 0.1) is 0 Å². The van der Waals surface area contributed by atoms with Crippen LogP contribution in [-0.4, -0.2) is 45.0 Å². The van der Waals surface area contributed by atoms with Crippen molar-refractivity contribution in [1.29, 1.82) is 0 Å². The second-order valence-electron chi connectivity index (χ2n) is 6.22. The Morgan fingerprint density at radius 1 is 1.32 bits per heavy atom. The van der Waals surface area contributed by atoms with Crippen molar-refractivity contribution in [3.63, 3.8) is 0 Å². The van der Waals surface area contributed by atoms with E-state index in [1.165, 1.54) is 6.07 Å². The summed E-state index contributed by atoms with van der Waals surface area (Å²) in [6.45, 7) is 3.31. The Bertz CT molecular complexity index is 655. The van der Waals surface area contributed by atoms with E-state index in [9.17, 15) is 14.4 Å². The van der Waals surface area contributed by atoms with E-state index in [4.69, 9.17) is 0 Å². The maximum atomic E-state index is 12.2. The summed E-state index contributed by atoms with van der Waals surface area (Å²) in [4.78, 5) is 37.6. The Hall–Kier alpha value is -2.18. The maximum absolute atomic E-state index is 12.2. The third-order valence-electron chi connectivity index (χ3n) is 4.57. The van der Waals surface area contributed by atoms with Crippen molar-refractivity contribution < 1.29 is 9.59 Å². The number of aromatic amines is 1. The van der Waals surface area contributed by atoms with Gasteiger partial charge in [-0.1, -0.05) is 0 Å². The number of carbonyl (C=O) groups excluding carboxylic acids is 2. The van der Waals surface area contributed by atoms with Crippen LogP contribution in [0.3, 0.4) is 0 Å². The number of hydrogen-bond donors (Lipinski definition) is 2. The minimum Gasteiger partial charge on any atom is -0.348 e. The van der Waals surface area contributed by atoms with Gasteiger partial charge in [0, 0.05) is 36.8 Å². The quantitative estimate of drug-likeness (QED) is 0.824. The fourth-order valence-electron chi connectivity index (χ4n) is 3.72. The van der Waals surface area contributed by atoms with E-state index in [1.54, 1.807) is 13.8 Å². The van der Waals surface area contributed by atoms with Crippen molar-refractivity contribution in [3.05, 3.63) is 27.7 Å². The average Bonchev–Trinajstić information content (AvgIpc) is 2.71. The summed E-state index contributed by atoms with van der Waals surface area (Å²) >= 11 is 0. The number of carbonyl (C=O) groups is 2. The van der Waals surface area contributed by atoms with Crippen LogP contribution in [0.15, 0.2) is 10.9 Å². The second-order valence-corrected chi connectivity index (χ2v) is 6.22. The van der Waals surface area contributed by atoms with Crippen LogP contribution in [0.4, 0.5) is 0 Å². The third kappa shape index (κ3) is 2.63. The number of hydrogen-bond acceptors (Lipinski definition) is 4. The molecule has 2 N–H and O–H groups in total. The Labute approximate surface area is 128 Å². The molecule has 2 bridgehead atoms. The fourth-order valence-corrected chi connectivity index (χ4v) is 3.72. The molecule has 1 unspecified atom stereocenters. The number of nitrogens with zero attached hydrogens (tertiary/aromatic N) is 2. The molecule has 118 valence electrons. The lowest BCUT2D eigenvalue weighted by atomic mass is 9.97.